The Morgan fingerprint density at radius 3 is 2.53 bits per heavy atom. The summed E-state index contributed by atoms with van der Waals surface area (Å²) in [6.45, 7) is 10.2. The summed E-state index contributed by atoms with van der Waals surface area (Å²) in [5, 5.41) is 11.5. The van der Waals surface area contributed by atoms with E-state index in [1.165, 1.54) is 17.3 Å². The number of benzene rings is 2. The molecule has 2 aromatic carbocycles. The van der Waals surface area contributed by atoms with Gasteiger partial charge in [0, 0.05) is 16.2 Å². The third kappa shape index (κ3) is 6.00. The highest BCUT2D eigenvalue weighted by atomic mass is 32.2. The molecule has 5 nitrogen and oxygen atoms in total. The molecule has 0 fully saturated rings. The SMILES string of the molecule is C=CCSc1ccccc1NC(=O)CSc1nnc(-c2ccc(C(C)(C)C)cc2)o1. The van der Waals surface area contributed by atoms with E-state index in [2.05, 4.69) is 55.0 Å². The van der Waals surface area contributed by atoms with E-state index in [-0.39, 0.29) is 17.1 Å². The third-order valence-electron chi connectivity index (χ3n) is 4.25. The fourth-order valence-corrected chi connectivity index (χ4v) is 3.97. The fraction of sp³-hybridized carbons (Fsp3) is 0.261. The van der Waals surface area contributed by atoms with E-state index in [1.54, 1.807) is 11.8 Å². The van der Waals surface area contributed by atoms with E-state index < -0.39 is 0 Å². The second kappa shape index (κ2) is 10.00. The Morgan fingerprint density at radius 2 is 1.83 bits per heavy atom. The van der Waals surface area contributed by atoms with Crippen molar-refractivity contribution < 1.29 is 9.21 Å². The molecule has 30 heavy (non-hydrogen) atoms. The zero-order valence-electron chi connectivity index (χ0n) is 17.3. The Kier molecular flexibility index (Phi) is 7.39. The minimum Gasteiger partial charge on any atom is -0.411 e. The Balaban J connectivity index is 1.58. The van der Waals surface area contributed by atoms with Crippen LogP contribution in [0.2, 0.25) is 0 Å². The molecule has 0 bridgehead atoms. The largest absolute Gasteiger partial charge is 0.411 e. The van der Waals surface area contributed by atoms with Crippen molar-refractivity contribution in [2.45, 2.75) is 36.3 Å². The second-order valence-corrected chi connectivity index (χ2v) is 9.62. The number of thioether (sulfide) groups is 2. The van der Waals surface area contributed by atoms with E-state index in [0.717, 1.165) is 21.9 Å². The van der Waals surface area contributed by atoms with Gasteiger partial charge in [0.1, 0.15) is 0 Å². The number of amides is 1. The summed E-state index contributed by atoms with van der Waals surface area (Å²) in [5.41, 5.74) is 2.98. The molecule has 1 heterocycles. The lowest BCUT2D eigenvalue weighted by Crippen LogP contribution is -2.14. The van der Waals surface area contributed by atoms with Gasteiger partial charge in [-0.25, -0.2) is 0 Å². The molecule has 0 aliphatic rings. The van der Waals surface area contributed by atoms with E-state index in [9.17, 15) is 4.79 Å². The maximum absolute atomic E-state index is 12.4. The van der Waals surface area contributed by atoms with Crippen molar-refractivity contribution in [3.8, 4) is 11.5 Å². The number of carbonyl (C=O) groups excluding carboxylic acids is 1. The number of carbonyl (C=O) groups is 1. The van der Waals surface area contributed by atoms with Crippen LogP contribution in [-0.2, 0) is 10.2 Å². The first-order chi connectivity index (χ1) is 14.4. The predicted molar refractivity (Wildman–Crippen MR) is 125 cm³/mol. The van der Waals surface area contributed by atoms with Gasteiger partial charge in [0.15, 0.2) is 0 Å². The van der Waals surface area contributed by atoms with Gasteiger partial charge in [-0.05, 0) is 35.2 Å². The summed E-state index contributed by atoms with van der Waals surface area (Å²) < 4.78 is 5.72. The van der Waals surface area contributed by atoms with Gasteiger partial charge in [-0.1, -0.05) is 62.9 Å². The lowest BCUT2D eigenvalue weighted by atomic mass is 9.87. The number of nitrogens with one attached hydrogen (secondary N) is 1. The van der Waals surface area contributed by atoms with Crippen LogP contribution >= 0.6 is 23.5 Å². The van der Waals surface area contributed by atoms with Gasteiger partial charge in [-0.2, -0.15) is 0 Å². The number of para-hydroxylation sites is 1. The van der Waals surface area contributed by atoms with Gasteiger partial charge in [-0.3, -0.25) is 4.79 Å². The average molecular weight is 440 g/mol. The lowest BCUT2D eigenvalue weighted by Gasteiger charge is -2.18. The van der Waals surface area contributed by atoms with Crippen molar-refractivity contribution in [3.63, 3.8) is 0 Å². The van der Waals surface area contributed by atoms with E-state index in [4.69, 9.17) is 4.42 Å². The normalized spacial score (nSPS) is 11.3. The van der Waals surface area contributed by atoms with Gasteiger partial charge in [0.25, 0.3) is 5.22 Å². The fourth-order valence-electron chi connectivity index (χ4n) is 2.66. The molecule has 1 aromatic heterocycles. The first-order valence-corrected chi connectivity index (χ1v) is 11.5. The minimum atomic E-state index is -0.124. The molecule has 7 heteroatoms. The standard InChI is InChI=1S/C23H25N3O2S2/c1-5-14-29-19-9-7-6-8-18(19)24-20(27)15-30-22-26-25-21(28-22)16-10-12-17(13-11-16)23(2,3)4/h5-13H,1,14-15H2,2-4H3,(H,24,27). The molecule has 0 radical (unpaired) electrons. The van der Waals surface area contributed by atoms with Gasteiger partial charge >= 0.3 is 0 Å². The number of anilines is 1. The first kappa shape index (κ1) is 22.2. The summed E-state index contributed by atoms with van der Waals surface area (Å²) in [4.78, 5) is 13.4. The van der Waals surface area contributed by atoms with Crippen LogP contribution in [0.4, 0.5) is 5.69 Å². The summed E-state index contributed by atoms with van der Waals surface area (Å²) in [6, 6.07) is 15.8. The van der Waals surface area contributed by atoms with Crippen LogP contribution in [0.5, 0.6) is 0 Å². The van der Waals surface area contributed by atoms with Crippen molar-refractivity contribution in [1.29, 1.82) is 0 Å². The smallest absolute Gasteiger partial charge is 0.277 e. The molecule has 0 saturated carbocycles. The average Bonchev–Trinajstić information content (AvgIpc) is 3.20. The third-order valence-corrected chi connectivity index (χ3v) is 6.14. The van der Waals surface area contributed by atoms with Crippen LogP contribution in [0.25, 0.3) is 11.5 Å². The first-order valence-electron chi connectivity index (χ1n) is 9.56. The topological polar surface area (TPSA) is 68.0 Å². The Hall–Kier alpha value is -2.51. The van der Waals surface area contributed by atoms with E-state index in [1.807, 2.05) is 42.5 Å². The van der Waals surface area contributed by atoms with E-state index >= 15 is 0 Å². The number of aromatic nitrogens is 2. The number of hydrogen-bond acceptors (Lipinski definition) is 6. The zero-order valence-corrected chi connectivity index (χ0v) is 19.0. The maximum atomic E-state index is 12.4. The summed E-state index contributed by atoms with van der Waals surface area (Å²) >= 11 is 2.85. The minimum absolute atomic E-state index is 0.0879. The molecular weight excluding hydrogens is 414 g/mol. The molecule has 0 aliphatic heterocycles. The summed E-state index contributed by atoms with van der Waals surface area (Å²) in [6.07, 6.45) is 1.84. The molecule has 156 valence electrons. The molecule has 3 rings (SSSR count). The predicted octanol–water partition coefficient (Wildman–Crippen LogP) is 6.04. The number of hydrogen-bond donors (Lipinski definition) is 1. The lowest BCUT2D eigenvalue weighted by molar-refractivity contribution is -0.113. The molecule has 1 amide bonds. The highest BCUT2D eigenvalue weighted by Gasteiger charge is 2.15. The van der Waals surface area contributed by atoms with Crippen LogP contribution in [0, 0.1) is 0 Å². The van der Waals surface area contributed by atoms with Gasteiger partial charge in [-0.15, -0.1) is 28.5 Å². The van der Waals surface area contributed by atoms with Crippen molar-refractivity contribution in [2.75, 3.05) is 16.8 Å². The van der Waals surface area contributed by atoms with Crippen molar-refractivity contribution >= 4 is 35.1 Å². The zero-order chi connectivity index (χ0) is 21.6. The summed E-state index contributed by atoms with van der Waals surface area (Å²) in [7, 11) is 0. The Labute approximate surface area is 185 Å². The van der Waals surface area contributed by atoms with Crippen molar-refractivity contribution in [2.24, 2.45) is 0 Å². The van der Waals surface area contributed by atoms with Crippen LogP contribution in [0.3, 0.4) is 0 Å². The van der Waals surface area contributed by atoms with Gasteiger partial charge in [0.2, 0.25) is 11.8 Å². The Morgan fingerprint density at radius 1 is 1.10 bits per heavy atom. The molecular formula is C23H25N3O2S2. The molecule has 0 spiro atoms. The van der Waals surface area contributed by atoms with Crippen molar-refractivity contribution in [3.05, 3.63) is 66.7 Å². The molecule has 0 saturated heterocycles. The molecule has 0 aliphatic carbocycles. The summed E-state index contributed by atoms with van der Waals surface area (Å²) in [5.74, 6) is 1.29. The van der Waals surface area contributed by atoms with E-state index in [0.29, 0.717) is 11.1 Å². The molecule has 3 aromatic rings. The highest BCUT2D eigenvalue weighted by molar-refractivity contribution is 8.00. The van der Waals surface area contributed by atoms with Gasteiger partial charge in [0.05, 0.1) is 11.4 Å². The molecule has 1 N–H and O–H groups in total. The molecule has 0 unspecified atom stereocenters. The number of nitrogens with zero attached hydrogens (tertiary/aromatic N) is 2. The van der Waals surface area contributed by atoms with Crippen LogP contribution in [0.15, 0.2) is 75.7 Å². The number of rotatable bonds is 8. The molecule has 0 atom stereocenters. The quantitative estimate of drug-likeness (QED) is 0.341. The van der Waals surface area contributed by atoms with Crippen molar-refractivity contribution in [1.82, 2.24) is 10.2 Å². The van der Waals surface area contributed by atoms with Crippen LogP contribution in [0.1, 0.15) is 26.3 Å². The van der Waals surface area contributed by atoms with Gasteiger partial charge < -0.3 is 9.73 Å². The van der Waals surface area contributed by atoms with Crippen LogP contribution < -0.4 is 5.32 Å². The monoisotopic (exact) mass is 439 g/mol. The maximum Gasteiger partial charge on any atom is 0.277 e. The highest BCUT2D eigenvalue weighted by Crippen LogP contribution is 2.29. The second-order valence-electron chi connectivity index (χ2n) is 7.63. The Bertz CT molecular complexity index is 1010. The van der Waals surface area contributed by atoms with Crippen LogP contribution in [-0.4, -0.2) is 27.6 Å².